The Morgan fingerprint density at radius 2 is 1.20 bits per heavy atom. The van der Waals surface area contributed by atoms with Crippen LogP contribution in [0, 0.1) is 0 Å². The minimum atomic E-state index is -0.917. The predicted octanol–water partition coefficient (Wildman–Crippen LogP) is -2.35. The highest BCUT2D eigenvalue weighted by atomic mass is 16.2. The van der Waals surface area contributed by atoms with Gasteiger partial charge in [0.05, 0.1) is 0 Å². The van der Waals surface area contributed by atoms with E-state index in [0.29, 0.717) is 0 Å². The monoisotopic (exact) mass is 144 g/mol. The average molecular weight is 144 g/mol. The lowest BCUT2D eigenvalue weighted by Crippen LogP contribution is -2.26. The fourth-order valence-electron chi connectivity index (χ4n) is 0.246. The smallest absolute Gasteiger partial charge is 0.370 e. The molecule has 56 valence electrons. The van der Waals surface area contributed by atoms with Crippen LogP contribution in [-0.4, -0.2) is 18.0 Å². The fraction of sp³-hybridized carbons (Fsp3) is 0. The predicted molar refractivity (Wildman–Crippen MR) is 37.0 cm³/mol. The van der Waals surface area contributed by atoms with E-state index >= 15 is 0 Å². The second-order valence-electron chi connectivity index (χ2n) is 1.36. The number of carbonyl (C=O) groups is 1. The summed E-state index contributed by atoms with van der Waals surface area (Å²) >= 11 is 0. The molecule has 7 nitrogen and oxygen atoms in total. The molecule has 0 rings (SSSR count). The number of guanidine groups is 2. The van der Waals surface area contributed by atoms with Crippen LogP contribution in [0.25, 0.3) is 0 Å². The minimum Gasteiger partial charge on any atom is -0.370 e. The highest BCUT2D eigenvalue weighted by Gasteiger charge is 1.93. The van der Waals surface area contributed by atoms with E-state index in [1.807, 2.05) is 0 Å². The molecule has 0 aliphatic rings. The summed E-state index contributed by atoms with van der Waals surface area (Å²) in [6.07, 6.45) is 0. The van der Waals surface area contributed by atoms with Gasteiger partial charge in [-0.1, -0.05) is 0 Å². The fourth-order valence-corrected chi connectivity index (χ4v) is 0.246. The first kappa shape index (κ1) is 8.21. The van der Waals surface area contributed by atoms with Gasteiger partial charge in [-0.25, -0.2) is 4.79 Å². The van der Waals surface area contributed by atoms with Crippen molar-refractivity contribution in [2.75, 3.05) is 0 Å². The van der Waals surface area contributed by atoms with E-state index < -0.39 is 6.03 Å². The zero-order valence-electron chi connectivity index (χ0n) is 5.11. The molecule has 0 radical (unpaired) electrons. The molecule has 0 aliphatic heterocycles. The summed E-state index contributed by atoms with van der Waals surface area (Å²) in [5.74, 6) is -0.759. The highest BCUT2D eigenvalue weighted by Crippen LogP contribution is 1.77. The molecule has 0 aromatic rings. The van der Waals surface area contributed by atoms with Crippen molar-refractivity contribution in [1.82, 2.24) is 0 Å². The lowest BCUT2D eigenvalue weighted by Gasteiger charge is -1.87. The molecule has 0 unspecified atom stereocenters. The van der Waals surface area contributed by atoms with E-state index in [9.17, 15) is 4.79 Å². The summed E-state index contributed by atoms with van der Waals surface area (Å²) in [5.41, 5.74) is 19.3. The molecule has 0 heterocycles. The summed E-state index contributed by atoms with van der Waals surface area (Å²) < 4.78 is 0. The average Bonchev–Trinajstić information content (AvgIpc) is 1.58. The Kier molecular flexibility index (Phi) is 2.69. The summed E-state index contributed by atoms with van der Waals surface area (Å²) in [6.45, 7) is 0. The molecule has 0 bridgehead atoms. The van der Waals surface area contributed by atoms with Gasteiger partial charge in [0.1, 0.15) is 0 Å². The molecule has 10 heavy (non-hydrogen) atoms. The molecule has 8 N–H and O–H groups in total. The van der Waals surface area contributed by atoms with E-state index in [1.165, 1.54) is 0 Å². The third-order valence-corrected chi connectivity index (χ3v) is 0.449. The Hall–Kier alpha value is -1.79. The summed E-state index contributed by atoms with van der Waals surface area (Å²) in [4.78, 5) is 16.4. The van der Waals surface area contributed by atoms with Crippen molar-refractivity contribution in [1.29, 1.82) is 0 Å². The quantitative estimate of drug-likeness (QED) is 0.222. The SMILES string of the molecule is NC(N)=NC(=O)N=C(N)N. The molecule has 0 aliphatic carbocycles. The van der Waals surface area contributed by atoms with Crippen molar-refractivity contribution < 1.29 is 4.79 Å². The van der Waals surface area contributed by atoms with Gasteiger partial charge in [0.15, 0.2) is 11.9 Å². The summed E-state index contributed by atoms with van der Waals surface area (Å²) in [5, 5.41) is 0. The maximum absolute atomic E-state index is 10.4. The van der Waals surface area contributed by atoms with Gasteiger partial charge < -0.3 is 22.9 Å². The summed E-state index contributed by atoms with van der Waals surface area (Å²) in [6, 6.07) is -0.917. The van der Waals surface area contributed by atoms with Crippen molar-refractivity contribution in [3.63, 3.8) is 0 Å². The number of aliphatic imine (C=N–C) groups is 2. The van der Waals surface area contributed by atoms with E-state index in [1.54, 1.807) is 0 Å². The van der Waals surface area contributed by atoms with Crippen LogP contribution in [0.5, 0.6) is 0 Å². The lowest BCUT2D eigenvalue weighted by molar-refractivity contribution is 0.257. The van der Waals surface area contributed by atoms with E-state index in [2.05, 4.69) is 9.98 Å². The van der Waals surface area contributed by atoms with Gasteiger partial charge in [-0.05, 0) is 0 Å². The van der Waals surface area contributed by atoms with Gasteiger partial charge in [-0.3, -0.25) is 0 Å². The molecule has 0 aromatic heterocycles. The Labute approximate surface area is 56.8 Å². The van der Waals surface area contributed by atoms with Gasteiger partial charge in [0.25, 0.3) is 0 Å². The highest BCUT2D eigenvalue weighted by molar-refractivity contribution is 5.96. The minimum absolute atomic E-state index is 0.380. The van der Waals surface area contributed by atoms with E-state index in [4.69, 9.17) is 22.9 Å². The number of rotatable bonds is 0. The van der Waals surface area contributed by atoms with Gasteiger partial charge in [-0.2, -0.15) is 9.98 Å². The zero-order valence-corrected chi connectivity index (χ0v) is 5.11. The van der Waals surface area contributed by atoms with Crippen molar-refractivity contribution in [3.05, 3.63) is 0 Å². The van der Waals surface area contributed by atoms with Crippen LogP contribution in [0.2, 0.25) is 0 Å². The van der Waals surface area contributed by atoms with Crippen LogP contribution in [0.3, 0.4) is 0 Å². The molecular formula is C3H8N6O. The molecule has 0 saturated heterocycles. The topological polar surface area (TPSA) is 146 Å². The Balaban J connectivity index is 4.14. The number of nitrogens with two attached hydrogens (primary N) is 4. The van der Waals surface area contributed by atoms with Crippen LogP contribution < -0.4 is 22.9 Å². The van der Waals surface area contributed by atoms with Gasteiger partial charge in [0.2, 0.25) is 0 Å². The molecule has 0 aromatic carbocycles. The first-order valence-corrected chi connectivity index (χ1v) is 2.25. The number of nitrogens with zero attached hydrogens (tertiary/aromatic N) is 2. The van der Waals surface area contributed by atoms with E-state index in [-0.39, 0.29) is 11.9 Å². The van der Waals surface area contributed by atoms with Gasteiger partial charge >= 0.3 is 6.03 Å². The Bertz CT molecular complexity index is 165. The van der Waals surface area contributed by atoms with Crippen molar-refractivity contribution >= 4 is 18.0 Å². The third kappa shape index (κ3) is 4.37. The van der Waals surface area contributed by atoms with Crippen LogP contribution in [-0.2, 0) is 0 Å². The van der Waals surface area contributed by atoms with Crippen LogP contribution in [0.1, 0.15) is 0 Å². The Morgan fingerprint density at radius 1 is 0.900 bits per heavy atom. The first-order chi connectivity index (χ1) is 4.52. The van der Waals surface area contributed by atoms with Crippen molar-refractivity contribution in [2.24, 2.45) is 32.9 Å². The molecule has 0 saturated carbocycles. The third-order valence-electron chi connectivity index (χ3n) is 0.449. The molecule has 0 spiro atoms. The van der Waals surface area contributed by atoms with Crippen LogP contribution in [0.15, 0.2) is 9.98 Å². The number of hydrogen-bond donors (Lipinski definition) is 4. The van der Waals surface area contributed by atoms with E-state index in [0.717, 1.165) is 0 Å². The number of urea groups is 1. The maximum atomic E-state index is 10.4. The van der Waals surface area contributed by atoms with Crippen LogP contribution in [0.4, 0.5) is 4.79 Å². The Morgan fingerprint density at radius 3 is 1.40 bits per heavy atom. The van der Waals surface area contributed by atoms with Gasteiger partial charge in [-0.15, -0.1) is 0 Å². The maximum Gasteiger partial charge on any atom is 0.373 e. The van der Waals surface area contributed by atoms with Gasteiger partial charge in [0, 0.05) is 0 Å². The normalized spacial score (nSPS) is 8.00. The summed E-state index contributed by atoms with van der Waals surface area (Å²) in [7, 11) is 0. The molecule has 0 atom stereocenters. The zero-order chi connectivity index (χ0) is 8.15. The molecular weight excluding hydrogens is 136 g/mol. The van der Waals surface area contributed by atoms with Crippen molar-refractivity contribution in [2.45, 2.75) is 0 Å². The lowest BCUT2D eigenvalue weighted by atomic mass is 10.9. The second kappa shape index (κ2) is 3.28. The molecule has 0 fully saturated rings. The number of amides is 2. The standard InChI is InChI=1S/C3H8N6O/c4-1(5)8-3(10)9-2(6)7/h(H8,4,5,6,7,8,9,10). The first-order valence-electron chi connectivity index (χ1n) is 2.25. The molecule has 7 heteroatoms. The van der Waals surface area contributed by atoms with Crippen molar-refractivity contribution in [3.8, 4) is 0 Å². The number of hydrogen-bond acceptors (Lipinski definition) is 1. The molecule has 2 amide bonds. The van der Waals surface area contributed by atoms with Crippen LogP contribution >= 0.6 is 0 Å². The second-order valence-corrected chi connectivity index (χ2v) is 1.36. The number of carbonyl (C=O) groups excluding carboxylic acids is 1. The largest absolute Gasteiger partial charge is 0.373 e.